The van der Waals surface area contributed by atoms with E-state index in [4.69, 9.17) is 4.74 Å². The van der Waals surface area contributed by atoms with Crippen molar-refractivity contribution in [3.05, 3.63) is 29.8 Å². The number of likely N-dealkylation sites (N-methyl/N-ethyl adjacent to an activating group) is 1. The quantitative estimate of drug-likeness (QED) is 0.842. The SMILES string of the molecule is CCN(CCOc1cccc(C(=O)NC)c1)C(C)=O. The van der Waals surface area contributed by atoms with Crippen LogP contribution in [-0.4, -0.2) is 43.5 Å². The molecule has 0 bridgehead atoms. The van der Waals surface area contributed by atoms with Crippen LogP contribution in [0.4, 0.5) is 0 Å². The maximum absolute atomic E-state index is 11.5. The first-order valence-electron chi connectivity index (χ1n) is 6.29. The van der Waals surface area contributed by atoms with Crippen LogP contribution >= 0.6 is 0 Å². The van der Waals surface area contributed by atoms with E-state index in [9.17, 15) is 9.59 Å². The smallest absolute Gasteiger partial charge is 0.251 e. The molecule has 0 aromatic heterocycles. The largest absolute Gasteiger partial charge is 0.492 e. The van der Waals surface area contributed by atoms with Gasteiger partial charge in [0.2, 0.25) is 5.91 Å². The Morgan fingerprint density at radius 2 is 2.11 bits per heavy atom. The highest BCUT2D eigenvalue weighted by Gasteiger charge is 2.07. The van der Waals surface area contributed by atoms with Gasteiger partial charge in [0.25, 0.3) is 5.91 Å². The Kier molecular flexibility index (Phi) is 5.85. The first kappa shape index (κ1) is 15.0. The Labute approximate surface area is 113 Å². The Morgan fingerprint density at radius 3 is 2.68 bits per heavy atom. The molecule has 0 aliphatic heterocycles. The number of benzene rings is 1. The van der Waals surface area contributed by atoms with Crippen molar-refractivity contribution in [1.82, 2.24) is 10.2 Å². The van der Waals surface area contributed by atoms with Crippen molar-refractivity contribution in [1.29, 1.82) is 0 Å². The van der Waals surface area contributed by atoms with E-state index in [1.807, 2.05) is 6.92 Å². The van der Waals surface area contributed by atoms with E-state index < -0.39 is 0 Å². The summed E-state index contributed by atoms with van der Waals surface area (Å²) in [7, 11) is 1.59. The molecule has 0 heterocycles. The van der Waals surface area contributed by atoms with Gasteiger partial charge in [0.1, 0.15) is 12.4 Å². The molecule has 5 heteroatoms. The van der Waals surface area contributed by atoms with Gasteiger partial charge < -0.3 is 15.0 Å². The molecule has 0 fully saturated rings. The van der Waals surface area contributed by atoms with Crippen LogP contribution in [0, 0.1) is 0 Å². The molecule has 19 heavy (non-hydrogen) atoms. The minimum atomic E-state index is -0.149. The number of ether oxygens (including phenoxy) is 1. The Balaban J connectivity index is 2.54. The Morgan fingerprint density at radius 1 is 1.37 bits per heavy atom. The second kappa shape index (κ2) is 7.41. The van der Waals surface area contributed by atoms with Crippen molar-refractivity contribution in [2.75, 3.05) is 26.7 Å². The number of carbonyl (C=O) groups excluding carboxylic acids is 2. The molecule has 5 nitrogen and oxygen atoms in total. The molecule has 0 unspecified atom stereocenters. The van der Waals surface area contributed by atoms with E-state index in [2.05, 4.69) is 5.32 Å². The van der Waals surface area contributed by atoms with Crippen molar-refractivity contribution >= 4 is 11.8 Å². The van der Waals surface area contributed by atoms with Crippen molar-refractivity contribution in [2.45, 2.75) is 13.8 Å². The van der Waals surface area contributed by atoms with Gasteiger partial charge in [0, 0.05) is 26.1 Å². The highest BCUT2D eigenvalue weighted by molar-refractivity contribution is 5.94. The van der Waals surface area contributed by atoms with Crippen molar-refractivity contribution in [3.63, 3.8) is 0 Å². The maximum Gasteiger partial charge on any atom is 0.251 e. The molecule has 0 aliphatic carbocycles. The molecule has 0 radical (unpaired) electrons. The number of nitrogens with one attached hydrogen (secondary N) is 1. The van der Waals surface area contributed by atoms with Crippen molar-refractivity contribution < 1.29 is 14.3 Å². The third-order valence-corrected chi connectivity index (χ3v) is 2.78. The fourth-order valence-corrected chi connectivity index (χ4v) is 1.68. The van der Waals surface area contributed by atoms with Crippen LogP contribution in [0.1, 0.15) is 24.2 Å². The van der Waals surface area contributed by atoms with Crippen LogP contribution in [0.2, 0.25) is 0 Å². The zero-order valence-electron chi connectivity index (χ0n) is 11.6. The summed E-state index contributed by atoms with van der Waals surface area (Å²) in [5, 5.41) is 2.56. The molecule has 0 atom stereocenters. The van der Waals surface area contributed by atoms with Crippen LogP contribution < -0.4 is 10.1 Å². The zero-order chi connectivity index (χ0) is 14.3. The average molecular weight is 264 g/mol. The van der Waals surface area contributed by atoms with E-state index in [0.717, 1.165) is 0 Å². The normalized spacial score (nSPS) is 9.84. The molecular formula is C14H20N2O3. The van der Waals surface area contributed by atoms with Gasteiger partial charge in [-0.05, 0) is 25.1 Å². The highest BCUT2D eigenvalue weighted by atomic mass is 16.5. The molecule has 2 amide bonds. The molecule has 1 aromatic rings. The lowest BCUT2D eigenvalue weighted by Crippen LogP contribution is -2.32. The molecular weight excluding hydrogens is 244 g/mol. The van der Waals surface area contributed by atoms with Gasteiger partial charge in [-0.1, -0.05) is 6.07 Å². The molecule has 0 spiro atoms. The molecule has 104 valence electrons. The van der Waals surface area contributed by atoms with Crippen molar-refractivity contribution in [2.24, 2.45) is 0 Å². The van der Waals surface area contributed by atoms with Gasteiger partial charge in [0.05, 0.1) is 6.54 Å². The summed E-state index contributed by atoms with van der Waals surface area (Å²) < 4.78 is 5.55. The zero-order valence-corrected chi connectivity index (χ0v) is 11.6. The fourth-order valence-electron chi connectivity index (χ4n) is 1.68. The lowest BCUT2D eigenvalue weighted by Gasteiger charge is -2.18. The van der Waals surface area contributed by atoms with E-state index in [0.29, 0.717) is 31.0 Å². The van der Waals surface area contributed by atoms with E-state index >= 15 is 0 Å². The number of hydrogen-bond acceptors (Lipinski definition) is 3. The van der Waals surface area contributed by atoms with Gasteiger partial charge in [-0.25, -0.2) is 0 Å². The monoisotopic (exact) mass is 264 g/mol. The fraction of sp³-hybridized carbons (Fsp3) is 0.429. The average Bonchev–Trinajstić information content (AvgIpc) is 2.42. The summed E-state index contributed by atoms with van der Waals surface area (Å²) in [6.07, 6.45) is 0. The van der Waals surface area contributed by atoms with Gasteiger partial charge in [-0.2, -0.15) is 0 Å². The minimum Gasteiger partial charge on any atom is -0.492 e. The number of carbonyl (C=O) groups is 2. The predicted octanol–water partition coefficient (Wildman–Crippen LogP) is 1.29. The third kappa shape index (κ3) is 4.62. The van der Waals surface area contributed by atoms with Crippen LogP contribution in [0.3, 0.4) is 0 Å². The third-order valence-electron chi connectivity index (χ3n) is 2.78. The lowest BCUT2D eigenvalue weighted by atomic mass is 10.2. The van der Waals surface area contributed by atoms with Crippen LogP contribution in [0.25, 0.3) is 0 Å². The Hall–Kier alpha value is -2.04. The van der Waals surface area contributed by atoms with Crippen molar-refractivity contribution in [3.8, 4) is 5.75 Å². The van der Waals surface area contributed by atoms with E-state index in [-0.39, 0.29) is 11.8 Å². The molecule has 0 saturated heterocycles. The first-order chi connectivity index (χ1) is 9.08. The van der Waals surface area contributed by atoms with Gasteiger partial charge in [0.15, 0.2) is 0 Å². The predicted molar refractivity (Wildman–Crippen MR) is 73.3 cm³/mol. The lowest BCUT2D eigenvalue weighted by molar-refractivity contribution is -0.129. The summed E-state index contributed by atoms with van der Waals surface area (Å²) in [6, 6.07) is 6.96. The molecule has 0 aliphatic rings. The number of amides is 2. The second-order valence-corrected chi connectivity index (χ2v) is 4.05. The highest BCUT2D eigenvalue weighted by Crippen LogP contribution is 2.13. The molecule has 1 aromatic carbocycles. The van der Waals surface area contributed by atoms with Crippen LogP contribution in [-0.2, 0) is 4.79 Å². The summed E-state index contributed by atoms with van der Waals surface area (Å²) in [4.78, 5) is 24.4. The Bertz CT molecular complexity index is 446. The standard InChI is InChI=1S/C14H20N2O3/c1-4-16(11(2)17)8-9-19-13-7-5-6-12(10-13)14(18)15-3/h5-7,10H,4,8-9H2,1-3H3,(H,15,18). The number of hydrogen-bond donors (Lipinski definition) is 1. The summed E-state index contributed by atoms with van der Waals surface area (Å²) in [6.45, 7) is 5.07. The minimum absolute atomic E-state index is 0.0326. The van der Waals surface area contributed by atoms with Gasteiger partial charge in [-0.15, -0.1) is 0 Å². The second-order valence-electron chi connectivity index (χ2n) is 4.05. The molecule has 0 saturated carbocycles. The number of rotatable bonds is 6. The summed E-state index contributed by atoms with van der Waals surface area (Å²) in [5.41, 5.74) is 0.555. The molecule has 1 N–H and O–H groups in total. The van der Waals surface area contributed by atoms with Crippen LogP contribution in [0.5, 0.6) is 5.75 Å². The maximum atomic E-state index is 11.5. The number of nitrogens with zero attached hydrogens (tertiary/aromatic N) is 1. The molecule has 1 rings (SSSR count). The topological polar surface area (TPSA) is 58.6 Å². The van der Waals surface area contributed by atoms with E-state index in [1.165, 1.54) is 6.92 Å². The summed E-state index contributed by atoms with van der Waals surface area (Å²) in [5.74, 6) is 0.510. The first-order valence-corrected chi connectivity index (χ1v) is 6.29. The summed E-state index contributed by atoms with van der Waals surface area (Å²) >= 11 is 0. The van der Waals surface area contributed by atoms with Crippen LogP contribution in [0.15, 0.2) is 24.3 Å². The van der Waals surface area contributed by atoms with E-state index in [1.54, 1.807) is 36.2 Å². The van der Waals surface area contributed by atoms with Gasteiger partial charge in [-0.3, -0.25) is 9.59 Å². The van der Waals surface area contributed by atoms with Gasteiger partial charge >= 0.3 is 0 Å².